The van der Waals surface area contributed by atoms with Crippen LogP contribution in [-0.2, 0) is 6.54 Å². The Morgan fingerprint density at radius 1 is 1.10 bits per heavy atom. The number of benzene rings is 2. The fourth-order valence-corrected chi connectivity index (χ4v) is 2.50. The molecule has 20 heavy (non-hydrogen) atoms. The molecule has 0 saturated carbocycles. The maximum absolute atomic E-state index is 13.5. The molecular weight excluding hydrogens is 296 g/mol. The lowest BCUT2D eigenvalue weighted by Gasteiger charge is -2.13. The Hall–Kier alpha value is -1.09. The monoisotopic (exact) mass is 311 g/mol. The SMILES string of the molecule is CCNCc1ccc(Cl)cc1-c1cc(C)c(F)cc1Cl. The summed E-state index contributed by atoms with van der Waals surface area (Å²) < 4.78 is 13.5. The molecule has 2 aromatic rings. The van der Waals surface area contributed by atoms with Crippen molar-refractivity contribution in [1.82, 2.24) is 5.32 Å². The highest BCUT2D eigenvalue weighted by atomic mass is 35.5. The van der Waals surface area contributed by atoms with Gasteiger partial charge in [-0.05, 0) is 54.4 Å². The van der Waals surface area contributed by atoms with E-state index in [0.717, 1.165) is 29.8 Å². The van der Waals surface area contributed by atoms with Crippen molar-refractivity contribution in [2.24, 2.45) is 0 Å². The number of hydrogen-bond acceptors (Lipinski definition) is 1. The van der Waals surface area contributed by atoms with Gasteiger partial charge in [-0.1, -0.05) is 36.2 Å². The molecule has 0 unspecified atom stereocenters. The Kier molecular flexibility index (Phi) is 5.03. The fourth-order valence-electron chi connectivity index (χ4n) is 2.08. The lowest BCUT2D eigenvalue weighted by molar-refractivity contribution is 0.619. The van der Waals surface area contributed by atoms with Crippen LogP contribution in [0.3, 0.4) is 0 Å². The van der Waals surface area contributed by atoms with E-state index in [-0.39, 0.29) is 5.82 Å². The van der Waals surface area contributed by atoms with E-state index in [1.54, 1.807) is 13.0 Å². The smallest absolute Gasteiger partial charge is 0.127 e. The summed E-state index contributed by atoms with van der Waals surface area (Å²) in [5, 5.41) is 4.31. The van der Waals surface area contributed by atoms with Crippen molar-refractivity contribution in [3.63, 3.8) is 0 Å². The van der Waals surface area contributed by atoms with E-state index in [4.69, 9.17) is 23.2 Å². The van der Waals surface area contributed by atoms with Crippen LogP contribution in [0, 0.1) is 12.7 Å². The summed E-state index contributed by atoms with van der Waals surface area (Å²) in [6, 6.07) is 8.80. The highest BCUT2D eigenvalue weighted by Gasteiger charge is 2.12. The van der Waals surface area contributed by atoms with Crippen LogP contribution in [0.4, 0.5) is 4.39 Å². The summed E-state index contributed by atoms with van der Waals surface area (Å²) in [6.07, 6.45) is 0. The van der Waals surface area contributed by atoms with E-state index in [0.29, 0.717) is 15.6 Å². The highest BCUT2D eigenvalue weighted by molar-refractivity contribution is 6.34. The summed E-state index contributed by atoms with van der Waals surface area (Å²) in [5.74, 6) is -0.297. The van der Waals surface area contributed by atoms with Crippen LogP contribution in [0.15, 0.2) is 30.3 Å². The van der Waals surface area contributed by atoms with Gasteiger partial charge in [0.2, 0.25) is 0 Å². The van der Waals surface area contributed by atoms with E-state index in [2.05, 4.69) is 5.32 Å². The molecule has 1 N–H and O–H groups in total. The van der Waals surface area contributed by atoms with Gasteiger partial charge in [0.05, 0.1) is 5.02 Å². The van der Waals surface area contributed by atoms with E-state index in [9.17, 15) is 4.39 Å². The molecule has 0 aliphatic rings. The Labute approximate surface area is 128 Å². The van der Waals surface area contributed by atoms with Crippen LogP contribution in [0.1, 0.15) is 18.1 Å². The molecule has 0 amide bonds. The predicted molar refractivity (Wildman–Crippen MR) is 84.0 cm³/mol. The van der Waals surface area contributed by atoms with E-state index < -0.39 is 0 Å². The number of halogens is 3. The zero-order valence-electron chi connectivity index (χ0n) is 11.4. The second-order valence-corrected chi connectivity index (χ2v) is 5.51. The van der Waals surface area contributed by atoms with Gasteiger partial charge in [0.15, 0.2) is 0 Å². The van der Waals surface area contributed by atoms with Gasteiger partial charge in [-0.2, -0.15) is 0 Å². The van der Waals surface area contributed by atoms with Gasteiger partial charge >= 0.3 is 0 Å². The average Bonchev–Trinajstić information content (AvgIpc) is 2.41. The minimum Gasteiger partial charge on any atom is -0.313 e. The second kappa shape index (κ2) is 6.57. The van der Waals surface area contributed by atoms with Gasteiger partial charge in [-0.25, -0.2) is 4.39 Å². The van der Waals surface area contributed by atoms with Gasteiger partial charge in [-0.15, -0.1) is 0 Å². The van der Waals surface area contributed by atoms with Gasteiger partial charge < -0.3 is 5.32 Å². The summed E-state index contributed by atoms with van der Waals surface area (Å²) in [4.78, 5) is 0. The number of hydrogen-bond donors (Lipinski definition) is 1. The molecule has 0 spiro atoms. The molecule has 2 aromatic carbocycles. The molecule has 0 radical (unpaired) electrons. The van der Waals surface area contributed by atoms with Crippen LogP contribution in [-0.4, -0.2) is 6.54 Å². The van der Waals surface area contributed by atoms with Gasteiger partial charge in [0, 0.05) is 17.1 Å². The Balaban J connectivity index is 2.55. The number of aryl methyl sites for hydroxylation is 1. The third-order valence-electron chi connectivity index (χ3n) is 3.18. The molecule has 0 bridgehead atoms. The highest BCUT2D eigenvalue weighted by Crippen LogP contribution is 2.34. The fraction of sp³-hybridized carbons (Fsp3) is 0.250. The third-order valence-corrected chi connectivity index (χ3v) is 3.72. The van der Waals surface area contributed by atoms with Crippen molar-refractivity contribution < 1.29 is 4.39 Å². The van der Waals surface area contributed by atoms with Crippen molar-refractivity contribution >= 4 is 23.2 Å². The first-order valence-corrected chi connectivity index (χ1v) is 7.23. The number of nitrogens with one attached hydrogen (secondary N) is 1. The molecule has 0 atom stereocenters. The quantitative estimate of drug-likeness (QED) is 0.816. The first-order valence-electron chi connectivity index (χ1n) is 6.48. The minimum atomic E-state index is -0.297. The summed E-state index contributed by atoms with van der Waals surface area (Å²) in [7, 11) is 0. The Bertz CT molecular complexity index is 626. The summed E-state index contributed by atoms with van der Waals surface area (Å²) in [5.41, 5.74) is 3.40. The van der Waals surface area contributed by atoms with Crippen LogP contribution >= 0.6 is 23.2 Å². The van der Waals surface area contributed by atoms with Crippen molar-refractivity contribution in [3.8, 4) is 11.1 Å². The zero-order valence-corrected chi connectivity index (χ0v) is 12.9. The first kappa shape index (κ1) is 15.3. The average molecular weight is 312 g/mol. The molecule has 1 nitrogen and oxygen atoms in total. The van der Waals surface area contributed by atoms with Crippen LogP contribution in [0.2, 0.25) is 10.0 Å². The summed E-state index contributed by atoms with van der Waals surface area (Å²) >= 11 is 12.3. The molecule has 0 heterocycles. The Morgan fingerprint density at radius 2 is 1.85 bits per heavy atom. The molecule has 4 heteroatoms. The van der Waals surface area contributed by atoms with Crippen molar-refractivity contribution in [1.29, 1.82) is 0 Å². The van der Waals surface area contributed by atoms with E-state index >= 15 is 0 Å². The largest absolute Gasteiger partial charge is 0.313 e. The van der Waals surface area contributed by atoms with Crippen molar-refractivity contribution in [2.45, 2.75) is 20.4 Å². The number of rotatable bonds is 4. The second-order valence-electron chi connectivity index (χ2n) is 4.66. The zero-order chi connectivity index (χ0) is 14.7. The van der Waals surface area contributed by atoms with Crippen LogP contribution in [0.25, 0.3) is 11.1 Å². The first-order chi connectivity index (χ1) is 9.52. The molecule has 0 saturated heterocycles. The molecule has 2 rings (SSSR count). The van der Waals surface area contributed by atoms with E-state index in [1.807, 2.05) is 25.1 Å². The molecule has 106 valence electrons. The summed E-state index contributed by atoms with van der Waals surface area (Å²) in [6.45, 7) is 5.36. The lowest BCUT2D eigenvalue weighted by Crippen LogP contribution is -2.12. The maximum atomic E-state index is 13.5. The molecule has 0 aliphatic heterocycles. The van der Waals surface area contributed by atoms with Crippen LogP contribution < -0.4 is 5.32 Å². The van der Waals surface area contributed by atoms with E-state index in [1.165, 1.54) is 6.07 Å². The van der Waals surface area contributed by atoms with Crippen molar-refractivity contribution in [3.05, 3.63) is 57.3 Å². The standard InChI is InChI=1S/C16H16Cl2FN/c1-3-20-9-11-4-5-12(17)7-13(11)14-6-10(2)16(19)8-15(14)18/h4-8,20H,3,9H2,1-2H3. The van der Waals surface area contributed by atoms with Gasteiger partial charge in [0.1, 0.15) is 5.82 Å². The Morgan fingerprint density at radius 3 is 2.55 bits per heavy atom. The topological polar surface area (TPSA) is 12.0 Å². The maximum Gasteiger partial charge on any atom is 0.127 e. The third kappa shape index (κ3) is 3.32. The molecular formula is C16H16Cl2FN. The predicted octanol–water partition coefficient (Wildman–Crippen LogP) is 5.22. The van der Waals surface area contributed by atoms with Gasteiger partial charge in [0.25, 0.3) is 0 Å². The normalized spacial score (nSPS) is 10.8. The van der Waals surface area contributed by atoms with Crippen molar-refractivity contribution in [2.75, 3.05) is 6.54 Å². The van der Waals surface area contributed by atoms with Crippen LogP contribution in [0.5, 0.6) is 0 Å². The molecule has 0 fully saturated rings. The molecule has 0 aliphatic carbocycles. The lowest BCUT2D eigenvalue weighted by atomic mass is 9.98. The van der Waals surface area contributed by atoms with Gasteiger partial charge in [-0.3, -0.25) is 0 Å². The molecule has 0 aromatic heterocycles. The minimum absolute atomic E-state index is 0.297.